The van der Waals surface area contributed by atoms with Crippen molar-refractivity contribution in [2.75, 3.05) is 13.1 Å². The van der Waals surface area contributed by atoms with Gasteiger partial charge in [-0.05, 0) is 37.2 Å². The van der Waals surface area contributed by atoms with Crippen molar-refractivity contribution in [3.63, 3.8) is 0 Å². The molecule has 1 aromatic heterocycles. The van der Waals surface area contributed by atoms with Crippen molar-refractivity contribution >= 4 is 6.09 Å². The molecule has 0 aromatic carbocycles. The van der Waals surface area contributed by atoms with Gasteiger partial charge in [-0.15, -0.1) is 0 Å². The Morgan fingerprint density at radius 2 is 2.11 bits per heavy atom. The second-order valence-electron chi connectivity index (χ2n) is 5.59. The maximum Gasteiger partial charge on any atom is 0.407 e. The standard InChI is InChI=1S/C14H18N2O3/c17-13(18)16-7-4-14(5-8-16)9-11(10-14)19-12-3-1-2-6-15-12/h1-3,6,11H,4-5,7-10H2,(H,17,18). The number of aromatic nitrogens is 1. The molecule has 1 aromatic rings. The molecule has 2 fully saturated rings. The smallest absolute Gasteiger partial charge is 0.407 e. The molecule has 0 unspecified atom stereocenters. The zero-order chi connectivity index (χ0) is 13.3. The number of rotatable bonds is 2. The van der Waals surface area contributed by atoms with Gasteiger partial charge < -0.3 is 14.7 Å². The minimum Gasteiger partial charge on any atom is -0.474 e. The highest BCUT2D eigenvalue weighted by molar-refractivity contribution is 5.65. The lowest BCUT2D eigenvalue weighted by atomic mass is 9.61. The first-order chi connectivity index (χ1) is 9.17. The largest absolute Gasteiger partial charge is 0.474 e. The van der Waals surface area contributed by atoms with Crippen LogP contribution in [0.15, 0.2) is 24.4 Å². The number of likely N-dealkylation sites (tertiary alicyclic amines) is 1. The molecule has 0 atom stereocenters. The molecule has 1 aliphatic heterocycles. The molecule has 102 valence electrons. The van der Waals surface area contributed by atoms with Crippen LogP contribution in [-0.2, 0) is 0 Å². The summed E-state index contributed by atoms with van der Waals surface area (Å²) in [6.45, 7) is 1.32. The molecular weight excluding hydrogens is 244 g/mol. The second kappa shape index (κ2) is 4.72. The Bertz CT molecular complexity index is 447. The number of amides is 1. The highest BCUT2D eigenvalue weighted by Crippen LogP contribution is 2.50. The molecule has 2 aliphatic rings. The maximum atomic E-state index is 10.9. The number of ether oxygens (including phenoxy) is 1. The summed E-state index contributed by atoms with van der Waals surface area (Å²) >= 11 is 0. The Morgan fingerprint density at radius 1 is 1.37 bits per heavy atom. The third kappa shape index (κ3) is 2.50. The molecule has 2 heterocycles. The first kappa shape index (κ1) is 12.3. The Hall–Kier alpha value is -1.78. The number of pyridine rings is 1. The van der Waals surface area contributed by atoms with Gasteiger partial charge in [0.15, 0.2) is 0 Å². The first-order valence-corrected chi connectivity index (χ1v) is 6.72. The van der Waals surface area contributed by atoms with Crippen molar-refractivity contribution < 1.29 is 14.6 Å². The molecular formula is C14H18N2O3. The van der Waals surface area contributed by atoms with Gasteiger partial charge in [-0.1, -0.05) is 6.07 Å². The summed E-state index contributed by atoms with van der Waals surface area (Å²) in [6, 6.07) is 5.66. The molecule has 5 heteroatoms. The molecule has 1 saturated heterocycles. The monoisotopic (exact) mass is 262 g/mol. The highest BCUT2D eigenvalue weighted by Gasteiger charge is 2.47. The van der Waals surface area contributed by atoms with Gasteiger partial charge >= 0.3 is 6.09 Å². The third-order valence-corrected chi connectivity index (χ3v) is 4.34. The molecule has 5 nitrogen and oxygen atoms in total. The van der Waals surface area contributed by atoms with E-state index in [1.165, 1.54) is 4.90 Å². The topological polar surface area (TPSA) is 62.7 Å². The van der Waals surface area contributed by atoms with Crippen LogP contribution in [0.1, 0.15) is 25.7 Å². The van der Waals surface area contributed by atoms with Gasteiger partial charge in [0.25, 0.3) is 0 Å². The van der Waals surface area contributed by atoms with Crippen LogP contribution in [0.25, 0.3) is 0 Å². The van der Waals surface area contributed by atoms with Gasteiger partial charge in [0.05, 0.1) is 0 Å². The quantitative estimate of drug-likeness (QED) is 0.888. The molecule has 1 aliphatic carbocycles. The number of carbonyl (C=O) groups is 1. The normalized spacial score (nSPS) is 22.0. The number of carboxylic acid groups (broad SMARTS) is 1. The number of hydrogen-bond donors (Lipinski definition) is 1. The van der Waals surface area contributed by atoms with Crippen molar-refractivity contribution in [3.05, 3.63) is 24.4 Å². The third-order valence-electron chi connectivity index (χ3n) is 4.34. The van der Waals surface area contributed by atoms with E-state index in [-0.39, 0.29) is 6.10 Å². The van der Waals surface area contributed by atoms with Crippen molar-refractivity contribution in [1.29, 1.82) is 0 Å². The van der Waals surface area contributed by atoms with Crippen LogP contribution in [0.2, 0.25) is 0 Å². The Kier molecular flexibility index (Phi) is 3.05. The van der Waals surface area contributed by atoms with E-state index in [4.69, 9.17) is 9.84 Å². The molecule has 3 rings (SSSR count). The molecule has 0 bridgehead atoms. The van der Waals surface area contributed by atoms with Crippen molar-refractivity contribution in [2.24, 2.45) is 5.41 Å². The molecule has 1 saturated carbocycles. The summed E-state index contributed by atoms with van der Waals surface area (Å²) in [5.41, 5.74) is 0.311. The number of nitrogens with zero attached hydrogens (tertiary/aromatic N) is 2. The molecule has 1 spiro atoms. The van der Waals surface area contributed by atoms with Gasteiger partial charge in [0.1, 0.15) is 6.10 Å². The van der Waals surface area contributed by atoms with Crippen molar-refractivity contribution in [1.82, 2.24) is 9.88 Å². The lowest BCUT2D eigenvalue weighted by Gasteiger charge is -2.51. The van der Waals surface area contributed by atoms with Crippen LogP contribution in [0, 0.1) is 5.41 Å². The van der Waals surface area contributed by atoms with Crippen LogP contribution in [-0.4, -0.2) is 40.3 Å². The maximum absolute atomic E-state index is 10.9. The average molecular weight is 262 g/mol. The minimum atomic E-state index is -0.796. The first-order valence-electron chi connectivity index (χ1n) is 6.72. The van der Waals surface area contributed by atoms with Crippen molar-refractivity contribution in [2.45, 2.75) is 31.8 Å². The van der Waals surface area contributed by atoms with Crippen LogP contribution in [0.4, 0.5) is 4.79 Å². The Labute approximate surface area is 112 Å². The fraction of sp³-hybridized carbons (Fsp3) is 0.571. The van der Waals surface area contributed by atoms with E-state index in [0.29, 0.717) is 24.4 Å². The summed E-state index contributed by atoms with van der Waals surface area (Å²) in [5.74, 6) is 0.685. The van der Waals surface area contributed by atoms with E-state index in [2.05, 4.69) is 4.98 Å². The number of piperidine rings is 1. The fourth-order valence-corrected chi connectivity index (χ4v) is 3.16. The van der Waals surface area contributed by atoms with Crippen LogP contribution in [0.3, 0.4) is 0 Å². The van der Waals surface area contributed by atoms with E-state index in [1.54, 1.807) is 6.20 Å². The molecule has 0 radical (unpaired) electrons. The summed E-state index contributed by atoms with van der Waals surface area (Å²) in [5, 5.41) is 8.94. The van der Waals surface area contributed by atoms with Crippen molar-refractivity contribution in [3.8, 4) is 5.88 Å². The zero-order valence-electron chi connectivity index (χ0n) is 10.8. The summed E-state index contributed by atoms with van der Waals surface area (Å²) in [7, 11) is 0. The van der Waals surface area contributed by atoms with Crippen LogP contribution in [0.5, 0.6) is 5.88 Å². The average Bonchev–Trinajstić information content (AvgIpc) is 2.39. The number of hydrogen-bond acceptors (Lipinski definition) is 3. The lowest BCUT2D eigenvalue weighted by molar-refractivity contribution is -0.0531. The van der Waals surface area contributed by atoms with E-state index in [1.807, 2.05) is 18.2 Å². The van der Waals surface area contributed by atoms with Gasteiger partial charge in [-0.25, -0.2) is 9.78 Å². The summed E-state index contributed by atoms with van der Waals surface area (Å²) in [4.78, 5) is 16.5. The van der Waals surface area contributed by atoms with Gasteiger partial charge in [0, 0.05) is 25.4 Å². The minimum absolute atomic E-state index is 0.242. The fourth-order valence-electron chi connectivity index (χ4n) is 3.16. The van der Waals surface area contributed by atoms with Gasteiger partial charge in [-0.3, -0.25) is 0 Å². The van der Waals surface area contributed by atoms with E-state index >= 15 is 0 Å². The Balaban J connectivity index is 1.49. The van der Waals surface area contributed by atoms with Gasteiger partial charge in [-0.2, -0.15) is 0 Å². The summed E-state index contributed by atoms with van der Waals surface area (Å²) in [6.07, 6.45) is 5.15. The predicted octanol–water partition coefficient (Wildman–Crippen LogP) is 2.38. The van der Waals surface area contributed by atoms with Crippen LogP contribution < -0.4 is 4.74 Å². The Morgan fingerprint density at radius 3 is 2.68 bits per heavy atom. The summed E-state index contributed by atoms with van der Waals surface area (Å²) < 4.78 is 5.81. The van der Waals surface area contributed by atoms with E-state index < -0.39 is 6.09 Å². The molecule has 19 heavy (non-hydrogen) atoms. The SMILES string of the molecule is O=C(O)N1CCC2(CC1)CC(Oc1ccccn1)C2. The highest BCUT2D eigenvalue weighted by atomic mass is 16.5. The van der Waals surface area contributed by atoms with Crippen LogP contribution >= 0.6 is 0 Å². The predicted molar refractivity (Wildman–Crippen MR) is 69.2 cm³/mol. The van der Waals surface area contributed by atoms with E-state index in [0.717, 1.165) is 25.7 Å². The zero-order valence-corrected chi connectivity index (χ0v) is 10.8. The van der Waals surface area contributed by atoms with E-state index in [9.17, 15) is 4.79 Å². The molecule has 1 N–H and O–H groups in total. The molecule has 1 amide bonds. The van der Waals surface area contributed by atoms with Gasteiger partial charge in [0.2, 0.25) is 5.88 Å². The second-order valence-corrected chi connectivity index (χ2v) is 5.59. The lowest BCUT2D eigenvalue weighted by Crippen LogP contribution is -2.51.